The molecule has 9 nitrogen and oxygen atoms in total. The van der Waals surface area contributed by atoms with E-state index < -0.39 is 24.3 Å². The number of rotatable bonds is 4. The molecule has 37 heavy (non-hydrogen) atoms. The van der Waals surface area contributed by atoms with Gasteiger partial charge in [0.05, 0.1) is 18.9 Å². The Labute approximate surface area is 208 Å². The molecule has 4 heterocycles. The predicted octanol–water partition coefficient (Wildman–Crippen LogP) is 3.25. The number of carboxylic acids is 2. The van der Waals surface area contributed by atoms with Crippen LogP contribution in [0.2, 0.25) is 0 Å². The van der Waals surface area contributed by atoms with Crippen LogP contribution in [0.5, 0.6) is 0 Å². The lowest BCUT2D eigenvalue weighted by Crippen LogP contribution is -2.56. The Morgan fingerprint density at radius 2 is 1.59 bits per heavy atom. The third-order valence-corrected chi connectivity index (χ3v) is 6.39. The topological polar surface area (TPSA) is 113 Å². The molecule has 1 aromatic heterocycles. The van der Waals surface area contributed by atoms with Crippen molar-refractivity contribution in [2.45, 2.75) is 56.3 Å². The van der Waals surface area contributed by atoms with Crippen LogP contribution in [0.15, 0.2) is 22.8 Å². The number of furan rings is 1. The van der Waals surface area contributed by atoms with Gasteiger partial charge in [-0.2, -0.15) is 26.3 Å². The molecule has 3 saturated heterocycles. The summed E-state index contributed by atoms with van der Waals surface area (Å²) in [6, 6.07) is 5.36. The van der Waals surface area contributed by atoms with Crippen LogP contribution in [0.4, 0.5) is 26.3 Å². The lowest BCUT2D eigenvalue weighted by molar-refractivity contribution is -0.193. The molecular formula is C22H30F6N2O7. The molecular weight excluding hydrogens is 518 g/mol. The number of piperidine rings is 1. The maximum absolute atomic E-state index is 10.6. The van der Waals surface area contributed by atoms with E-state index in [0.29, 0.717) is 24.1 Å². The number of fused-ring (bicyclic) bond motifs is 1. The smallest absolute Gasteiger partial charge is 0.475 e. The molecule has 0 spiro atoms. The number of alkyl halides is 6. The van der Waals surface area contributed by atoms with Gasteiger partial charge in [0.15, 0.2) is 0 Å². The first-order valence-corrected chi connectivity index (χ1v) is 11.4. The highest BCUT2D eigenvalue weighted by atomic mass is 19.4. The van der Waals surface area contributed by atoms with Gasteiger partial charge in [-0.1, -0.05) is 0 Å². The third kappa shape index (κ3) is 9.47. The number of carboxylic acid groups (broad SMARTS) is 2. The molecule has 3 aliphatic rings. The number of hydrogen-bond donors (Lipinski definition) is 2. The summed E-state index contributed by atoms with van der Waals surface area (Å²) in [5, 5.41) is 14.2. The average Bonchev–Trinajstić information content (AvgIpc) is 3.48. The molecule has 0 saturated carbocycles. The van der Waals surface area contributed by atoms with Crippen LogP contribution in [0.25, 0.3) is 0 Å². The maximum atomic E-state index is 10.6. The van der Waals surface area contributed by atoms with Gasteiger partial charge in [-0.15, -0.1) is 0 Å². The summed E-state index contributed by atoms with van der Waals surface area (Å²) in [5.74, 6) is -3.83. The summed E-state index contributed by atoms with van der Waals surface area (Å²) in [6.45, 7) is 6.16. The van der Waals surface area contributed by atoms with Crippen molar-refractivity contribution in [3.8, 4) is 0 Å². The Morgan fingerprint density at radius 1 is 1.03 bits per heavy atom. The highest BCUT2D eigenvalue weighted by Crippen LogP contribution is 2.36. The first-order chi connectivity index (χ1) is 17.2. The number of nitrogens with zero attached hydrogens (tertiary/aromatic N) is 2. The van der Waals surface area contributed by atoms with Crippen LogP contribution in [0, 0.1) is 5.92 Å². The molecule has 15 heteroatoms. The molecule has 3 fully saturated rings. The fraction of sp³-hybridized carbons (Fsp3) is 0.727. The van der Waals surface area contributed by atoms with Crippen LogP contribution < -0.4 is 0 Å². The SMILES string of the molecule is CO[C@H]1CCN(C2CCOCC2)[C@@H]2CN(Cc3ccco3)C[C@H]12.O=C(O)C(F)(F)F.O=C(O)C(F)(F)F. The van der Waals surface area contributed by atoms with E-state index in [0.717, 1.165) is 45.0 Å². The summed E-state index contributed by atoms with van der Waals surface area (Å²) in [7, 11) is 1.88. The van der Waals surface area contributed by atoms with Gasteiger partial charge in [0.25, 0.3) is 0 Å². The minimum Gasteiger partial charge on any atom is -0.475 e. The summed E-state index contributed by atoms with van der Waals surface area (Å²) in [6.07, 6.45) is -4.48. The third-order valence-electron chi connectivity index (χ3n) is 6.39. The molecule has 0 amide bonds. The predicted molar refractivity (Wildman–Crippen MR) is 115 cm³/mol. The molecule has 212 valence electrons. The highest BCUT2D eigenvalue weighted by Gasteiger charge is 2.46. The molecule has 2 N–H and O–H groups in total. The number of halogens is 6. The summed E-state index contributed by atoms with van der Waals surface area (Å²) in [4.78, 5) is 23.1. The van der Waals surface area contributed by atoms with Gasteiger partial charge < -0.3 is 24.1 Å². The monoisotopic (exact) mass is 548 g/mol. The van der Waals surface area contributed by atoms with Gasteiger partial charge in [-0.05, 0) is 31.4 Å². The lowest BCUT2D eigenvalue weighted by Gasteiger charge is -2.46. The van der Waals surface area contributed by atoms with E-state index in [4.69, 9.17) is 33.7 Å². The maximum Gasteiger partial charge on any atom is 0.490 e. The van der Waals surface area contributed by atoms with E-state index in [1.54, 1.807) is 6.26 Å². The zero-order chi connectivity index (χ0) is 27.8. The molecule has 0 bridgehead atoms. The number of methoxy groups -OCH3 is 1. The second-order valence-corrected chi connectivity index (χ2v) is 8.75. The molecule has 0 aliphatic carbocycles. The number of carbonyl (C=O) groups is 2. The fourth-order valence-electron chi connectivity index (χ4n) is 4.78. The van der Waals surface area contributed by atoms with E-state index in [1.807, 2.05) is 13.2 Å². The normalized spacial score (nSPS) is 25.3. The standard InChI is InChI=1S/C18H28N2O3.2C2HF3O2/c1-21-18-4-7-20(14-5-9-22-10-6-14)17-13-19(12-16(17)18)11-15-3-2-8-23-15;2*3-2(4,5)1(6)7/h2-3,8,14,16-18H,4-7,9-13H2,1H3;2*(H,6,7)/t16-,17+,18-;;/m0../s1. The molecule has 4 rings (SSSR count). The largest absolute Gasteiger partial charge is 0.490 e. The highest BCUT2D eigenvalue weighted by molar-refractivity contribution is 5.73. The number of aliphatic carboxylic acids is 2. The van der Waals surface area contributed by atoms with E-state index >= 15 is 0 Å². The molecule has 0 radical (unpaired) electrons. The zero-order valence-electron chi connectivity index (χ0n) is 20.0. The number of ether oxygens (including phenoxy) is 2. The Kier molecular flexibility index (Phi) is 11.2. The first kappa shape index (κ1) is 30.9. The Hall–Kier alpha value is -2.36. The van der Waals surface area contributed by atoms with Crippen molar-refractivity contribution in [1.82, 2.24) is 9.80 Å². The molecule has 3 aliphatic heterocycles. The lowest BCUT2D eigenvalue weighted by atomic mass is 9.87. The summed E-state index contributed by atoms with van der Waals surface area (Å²) >= 11 is 0. The summed E-state index contributed by atoms with van der Waals surface area (Å²) in [5.41, 5.74) is 0. The van der Waals surface area contributed by atoms with E-state index in [2.05, 4.69) is 15.9 Å². The van der Waals surface area contributed by atoms with Crippen LogP contribution in [-0.4, -0.2) is 102 Å². The first-order valence-electron chi connectivity index (χ1n) is 11.4. The van der Waals surface area contributed by atoms with Gasteiger partial charge in [0.1, 0.15) is 5.76 Å². The van der Waals surface area contributed by atoms with Crippen LogP contribution in [0.1, 0.15) is 25.0 Å². The van der Waals surface area contributed by atoms with Crippen molar-refractivity contribution in [2.24, 2.45) is 5.92 Å². The molecule has 3 atom stereocenters. The zero-order valence-corrected chi connectivity index (χ0v) is 20.0. The Morgan fingerprint density at radius 3 is 2.05 bits per heavy atom. The quantitative estimate of drug-likeness (QED) is 0.548. The molecule has 1 aromatic rings. The fourth-order valence-corrected chi connectivity index (χ4v) is 4.78. The van der Waals surface area contributed by atoms with Gasteiger partial charge in [0, 0.05) is 58.0 Å². The van der Waals surface area contributed by atoms with Crippen molar-refractivity contribution in [2.75, 3.05) is 40.0 Å². The van der Waals surface area contributed by atoms with E-state index in [1.165, 1.54) is 19.4 Å². The summed E-state index contributed by atoms with van der Waals surface area (Å²) < 4.78 is 80.4. The van der Waals surface area contributed by atoms with Crippen molar-refractivity contribution in [3.63, 3.8) is 0 Å². The van der Waals surface area contributed by atoms with Gasteiger partial charge >= 0.3 is 24.3 Å². The second-order valence-electron chi connectivity index (χ2n) is 8.75. The van der Waals surface area contributed by atoms with E-state index in [9.17, 15) is 26.3 Å². The Balaban J connectivity index is 0.000000286. The number of likely N-dealkylation sites (tertiary alicyclic amines) is 2. The van der Waals surface area contributed by atoms with Gasteiger partial charge in [-0.25, -0.2) is 9.59 Å². The molecule has 0 unspecified atom stereocenters. The van der Waals surface area contributed by atoms with Crippen molar-refractivity contribution in [3.05, 3.63) is 24.2 Å². The van der Waals surface area contributed by atoms with Crippen LogP contribution in [0.3, 0.4) is 0 Å². The molecule has 0 aromatic carbocycles. The van der Waals surface area contributed by atoms with Crippen LogP contribution in [-0.2, 0) is 25.6 Å². The van der Waals surface area contributed by atoms with Crippen molar-refractivity contribution < 1.29 is 60.0 Å². The Bertz CT molecular complexity index is 820. The number of hydrogen-bond acceptors (Lipinski definition) is 7. The van der Waals surface area contributed by atoms with Gasteiger partial charge in [-0.3, -0.25) is 9.80 Å². The second kappa shape index (κ2) is 13.4. The minimum absolute atomic E-state index is 0.401. The van der Waals surface area contributed by atoms with Crippen molar-refractivity contribution >= 4 is 11.9 Å². The minimum atomic E-state index is -5.08. The van der Waals surface area contributed by atoms with Crippen molar-refractivity contribution in [1.29, 1.82) is 0 Å². The van der Waals surface area contributed by atoms with Gasteiger partial charge in [0.2, 0.25) is 0 Å². The van der Waals surface area contributed by atoms with E-state index in [-0.39, 0.29) is 0 Å². The average molecular weight is 548 g/mol. The van der Waals surface area contributed by atoms with Crippen LogP contribution >= 0.6 is 0 Å².